The zero-order valence-electron chi connectivity index (χ0n) is 9.85. The third kappa shape index (κ3) is 2.74. The largest absolute Gasteiger partial charge is 0.466 e. The van der Waals surface area contributed by atoms with Crippen molar-refractivity contribution < 1.29 is 18.3 Å². The normalized spacial score (nSPS) is 10.3. The number of hydrogen-bond donors (Lipinski definition) is 0. The van der Waals surface area contributed by atoms with Crippen LogP contribution in [-0.2, 0) is 16.0 Å². The Kier molecular flexibility index (Phi) is 3.72. The average molecular weight is 249 g/mol. The molecular formula is C13H12FNO3. The van der Waals surface area contributed by atoms with E-state index >= 15 is 0 Å². The zero-order chi connectivity index (χ0) is 13.0. The second-order valence-corrected chi connectivity index (χ2v) is 3.59. The lowest BCUT2D eigenvalue weighted by Gasteiger charge is -1.97. The molecule has 0 aliphatic carbocycles. The Balaban J connectivity index is 2.16. The van der Waals surface area contributed by atoms with E-state index in [-0.39, 0.29) is 18.1 Å². The molecule has 0 spiro atoms. The van der Waals surface area contributed by atoms with Crippen LogP contribution in [0, 0.1) is 5.82 Å². The van der Waals surface area contributed by atoms with Crippen molar-refractivity contribution >= 4 is 5.97 Å². The lowest BCUT2D eigenvalue weighted by atomic mass is 10.1. The van der Waals surface area contributed by atoms with Gasteiger partial charge in [0.1, 0.15) is 24.2 Å². The molecule has 0 aliphatic rings. The molecule has 0 fully saturated rings. The van der Waals surface area contributed by atoms with E-state index in [1.165, 1.54) is 12.3 Å². The monoisotopic (exact) mass is 249 g/mol. The number of rotatable bonds is 4. The van der Waals surface area contributed by atoms with Gasteiger partial charge in [-0.05, 0) is 19.1 Å². The van der Waals surface area contributed by atoms with Crippen molar-refractivity contribution in [2.24, 2.45) is 0 Å². The maximum absolute atomic E-state index is 13.5. The number of oxazole rings is 1. The molecule has 1 aromatic carbocycles. The van der Waals surface area contributed by atoms with Crippen molar-refractivity contribution in [3.63, 3.8) is 0 Å². The fourth-order valence-electron chi connectivity index (χ4n) is 1.52. The molecule has 0 saturated carbocycles. The summed E-state index contributed by atoms with van der Waals surface area (Å²) < 4.78 is 23.4. The van der Waals surface area contributed by atoms with Crippen LogP contribution in [0.2, 0.25) is 0 Å². The predicted molar refractivity (Wildman–Crippen MR) is 62.2 cm³/mol. The van der Waals surface area contributed by atoms with E-state index < -0.39 is 5.97 Å². The molecule has 0 N–H and O–H groups in total. The quantitative estimate of drug-likeness (QED) is 0.781. The topological polar surface area (TPSA) is 52.3 Å². The van der Waals surface area contributed by atoms with E-state index in [9.17, 15) is 9.18 Å². The fourth-order valence-corrected chi connectivity index (χ4v) is 1.52. The summed E-state index contributed by atoms with van der Waals surface area (Å²) in [5.41, 5.74) is 0.712. The number of aromatic nitrogens is 1. The maximum atomic E-state index is 13.5. The highest BCUT2D eigenvalue weighted by Crippen LogP contribution is 2.21. The van der Waals surface area contributed by atoms with Crippen LogP contribution in [0.5, 0.6) is 0 Å². The number of halogens is 1. The first-order valence-corrected chi connectivity index (χ1v) is 5.55. The van der Waals surface area contributed by atoms with Crippen LogP contribution in [0.1, 0.15) is 12.8 Å². The Hall–Kier alpha value is -2.17. The van der Waals surface area contributed by atoms with Crippen LogP contribution in [-0.4, -0.2) is 17.6 Å². The molecule has 0 aliphatic heterocycles. The highest BCUT2D eigenvalue weighted by molar-refractivity contribution is 5.71. The summed E-state index contributed by atoms with van der Waals surface area (Å²) in [4.78, 5) is 15.3. The van der Waals surface area contributed by atoms with E-state index in [1.54, 1.807) is 25.1 Å². The number of ether oxygens (including phenoxy) is 1. The molecule has 0 radical (unpaired) electrons. The lowest BCUT2D eigenvalue weighted by Crippen LogP contribution is -2.07. The third-order valence-electron chi connectivity index (χ3n) is 2.30. The van der Waals surface area contributed by atoms with Gasteiger partial charge in [-0.3, -0.25) is 4.79 Å². The van der Waals surface area contributed by atoms with Gasteiger partial charge >= 0.3 is 5.97 Å². The molecule has 5 heteroatoms. The van der Waals surface area contributed by atoms with Gasteiger partial charge in [0, 0.05) is 5.56 Å². The maximum Gasteiger partial charge on any atom is 0.315 e. The number of benzene rings is 1. The van der Waals surface area contributed by atoms with E-state index in [1.807, 2.05) is 0 Å². The lowest BCUT2D eigenvalue weighted by molar-refractivity contribution is -0.142. The number of hydrogen-bond acceptors (Lipinski definition) is 4. The van der Waals surface area contributed by atoms with Crippen molar-refractivity contribution in [3.8, 4) is 11.3 Å². The average Bonchev–Trinajstić information content (AvgIpc) is 2.78. The summed E-state index contributed by atoms with van der Waals surface area (Å²) in [6.45, 7) is 2.03. The Morgan fingerprint density at radius 3 is 2.94 bits per heavy atom. The molecular weight excluding hydrogens is 237 g/mol. The summed E-state index contributed by atoms with van der Waals surface area (Å²) in [6, 6.07) is 6.24. The molecule has 2 rings (SSSR count). The van der Waals surface area contributed by atoms with Gasteiger partial charge < -0.3 is 9.15 Å². The summed E-state index contributed by atoms with van der Waals surface area (Å²) >= 11 is 0. The Morgan fingerprint density at radius 1 is 1.44 bits per heavy atom. The van der Waals surface area contributed by atoms with Crippen LogP contribution >= 0.6 is 0 Å². The summed E-state index contributed by atoms with van der Waals surface area (Å²) in [6.07, 6.45) is 1.27. The Morgan fingerprint density at radius 2 is 2.22 bits per heavy atom. The Bertz CT molecular complexity index is 551. The van der Waals surface area contributed by atoms with E-state index in [0.717, 1.165) is 0 Å². The number of carbonyl (C=O) groups excluding carboxylic acids is 1. The zero-order valence-corrected chi connectivity index (χ0v) is 9.85. The second kappa shape index (κ2) is 5.44. The van der Waals surface area contributed by atoms with Gasteiger partial charge in [-0.1, -0.05) is 12.1 Å². The van der Waals surface area contributed by atoms with E-state index in [2.05, 4.69) is 4.98 Å². The van der Waals surface area contributed by atoms with Gasteiger partial charge in [-0.2, -0.15) is 0 Å². The minimum absolute atomic E-state index is 0.0533. The third-order valence-corrected chi connectivity index (χ3v) is 2.30. The van der Waals surface area contributed by atoms with Crippen LogP contribution in [0.3, 0.4) is 0 Å². The Labute approximate surface area is 103 Å². The SMILES string of the molecule is CCOC(=O)Cc1nc(-c2ccccc2F)co1. The van der Waals surface area contributed by atoms with Crippen LogP contribution in [0.25, 0.3) is 11.3 Å². The first kappa shape index (κ1) is 12.3. The van der Waals surface area contributed by atoms with Gasteiger partial charge in [0.2, 0.25) is 5.89 Å². The van der Waals surface area contributed by atoms with Crippen LogP contribution < -0.4 is 0 Å². The van der Waals surface area contributed by atoms with Crippen LogP contribution in [0.15, 0.2) is 34.9 Å². The highest BCUT2D eigenvalue weighted by atomic mass is 19.1. The van der Waals surface area contributed by atoms with Gasteiger partial charge in [0.25, 0.3) is 0 Å². The number of carbonyl (C=O) groups is 1. The molecule has 2 aromatic rings. The molecule has 1 heterocycles. The van der Waals surface area contributed by atoms with Gasteiger partial charge in [-0.15, -0.1) is 0 Å². The minimum Gasteiger partial charge on any atom is -0.466 e. The van der Waals surface area contributed by atoms with Crippen molar-refractivity contribution in [2.75, 3.05) is 6.61 Å². The number of esters is 1. The first-order valence-electron chi connectivity index (χ1n) is 5.55. The van der Waals surface area contributed by atoms with E-state index in [0.29, 0.717) is 17.9 Å². The first-order chi connectivity index (χ1) is 8.70. The van der Waals surface area contributed by atoms with Gasteiger partial charge in [0.15, 0.2) is 0 Å². The molecule has 0 amide bonds. The molecule has 18 heavy (non-hydrogen) atoms. The molecule has 0 atom stereocenters. The second-order valence-electron chi connectivity index (χ2n) is 3.59. The van der Waals surface area contributed by atoms with Crippen LogP contribution in [0.4, 0.5) is 4.39 Å². The predicted octanol–water partition coefficient (Wildman–Crippen LogP) is 2.59. The summed E-state index contributed by atoms with van der Waals surface area (Å²) in [5, 5.41) is 0. The molecule has 1 aromatic heterocycles. The van der Waals surface area contributed by atoms with Crippen molar-refractivity contribution in [1.29, 1.82) is 0 Å². The molecule has 0 saturated heterocycles. The molecule has 0 unspecified atom stereocenters. The van der Waals surface area contributed by atoms with Crippen molar-refractivity contribution in [3.05, 3.63) is 42.2 Å². The van der Waals surface area contributed by atoms with Gasteiger partial charge in [0.05, 0.1) is 6.61 Å². The van der Waals surface area contributed by atoms with E-state index in [4.69, 9.17) is 9.15 Å². The number of nitrogens with zero attached hydrogens (tertiary/aromatic N) is 1. The highest BCUT2D eigenvalue weighted by Gasteiger charge is 2.13. The molecule has 94 valence electrons. The smallest absolute Gasteiger partial charge is 0.315 e. The minimum atomic E-state index is -0.417. The molecule has 4 nitrogen and oxygen atoms in total. The fraction of sp³-hybridized carbons (Fsp3) is 0.231. The van der Waals surface area contributed by atoms with Gasteiger partial charge in [-0.25, -0.2) is 9.37 Å². The summed E-state index contributed by atoms with van der Waals surface area (Å²) in [5.74, 6) is -0.584. The molecule has 0 bridgehead atoms. The van der Waals surface area contributed by atoms with Crippen molar-refractivity contribution in [1.82, 2.24) is 4.98 Å². The van der Waals surface area contributed by atoms with Crippen molar-refractivity contribution in [2.45, 2.75) is 13.3 Å². The standard InChI is InChI=1S/C13H12FNO3/c1-2-17-13(16)7-12-15-11(8-18-12)9-5-3-4-6-10(9)14/h3-6,8H,2,7H2,1H3. The summed E-state index contributed by atoms with van der Waals surface area (Å²) in [7, 11) is 0.